The van der Waals surface area contributed by atoms with Crippen LogP contribution in [0.4, 0.5) is 0 Å². The van der Waals surface area contributed by atoms with Crippen molar-refractivity contribution in [2.24, 2.45) is 7.05 Å². The molecule has 0 aliphatic rings. The minimum atomic E-state index is -0.525. The van der Waals surface area contributed by atoms with Crippen LogP contribution in [0.2, 0.25) is 0 Å². The molecule has 26 heavy (non-hydrogen) atoms. The van der Waals surface area contributed by atoms with E-state index in [2.05, 4.69) is 0 Å². The molecule has 3 rings (SSSR count). The summed E-state index contributed by atoms with van der Waals surface area (Å²) < 4.78 is 12.2. The van der Waals surface area contributed by atoms with E-state index in [1.807, 2.05) is 36.0 Å². The molecule has 134 valence electrons. The van der Waals surface area contributed by atoms with Crippen molar-refractivity contribution in [1.82, 2.24) is 4.57 Å². The van der Waals surface area contributed by atoms with E-state index in [1.54, 1.807) is 25.3 Å². The van der Waals surface area contributed by atoms with E-state index in [-0.39, 0.29) is 5.97 Å². The Labute approximate surface area is 156 Å². The number of esters is 1. The highest BCUT2D eigenvalue weighted by molar-refractivity contribution is 6.67. The first-order valence-electron chi connectivity index (χ1n) is 7.97. The number of hydrogen-bond donors (Lipinski definition) is 0. The van der Waals surface area contributed by atoms with Gasteiger partial charge in [0.1, 0.15) is 5.75 Å². The number of fused-ring (bicyclic) bond motifs is 1. The smallest absolute Gasteiger partial charge is 0.337 e. The van der Waals surface area contributed by atoms with Gasteiger partial charge in [-0.25, -0.2) is 4.79 Å². The van der Waals surface area contributed by atoms with Crippen molar-refractivity contribution in [3.63, 3.8) is 0 Å². The molecular formula is C20H18ClNO4. The molecule has 2 aromatic carbocycles. The van der Waals surface area contributed by atoms with Crippen LogP contribution in [0.1, 0.15) is 31.8 Å². The van der Waals surface area contributed by atoms with Crippen LogP contribution in [0.25, 0.3) is 10.9 Å². The molecule has 1 heterocycles. The molecule has 0 radical (unpaired) electrons. The summed E-state index contributed by atoms with van der Waals surface area (Å²) in [5, 5.41) is 0.442. The van der Waals surface area contributed by atoms with E-state index in [0.29, 0.717) is 23.3 Å². The molecule has 3 aromatic rings. The van der Waals surface area contributed by atoms with Gasteiger partial charge in [0.15, 0.2) is 0 Å². The molecule has 6 heteroatoms. The molecule has 0 aliphatic heterocycles. The highest BCUT2D eigenvalue weighted by Crippen LogP contribution is 2.29. The lowest BCUT2D eigenvalue weighted by molar-refractivity contribution is 0.0601. The molecular weight excluding hydrogens is 354 g/mol. The molecule has 0 saturated heterocycles. The lowest BCUT2D eigenvalue weighted by Crippen LogP contribution is -2.01. The molecule has 0 fully saturated rings. The Balaban J connectivity index is 2.06. The Morgan fingerprint density at radius 1 is 1.04 bits per heavy atom. The van der Waals surface area contributed by atoms with Gasteiger partial charge in [-0.15, -0.1) is 0 Å². The van der Waals surface area contributed by atoms with Crippen molar-refractivity contribution >= 4 is 33.7 Å². The summed E-state index contributed by atoms with van der Waals surface area (Å²) in [4.78, 5) is 23.2. The van der Waals surface area contributed by atoms with Crippen molar-refractivity contribution in [1.29, 1.82) is 0 Å². The summed E-state index contributed by atoms with van der Waals surface area (Å²) in [5.41, 5.74) is 3.86. The number of halogens is 1. The summed E-state index contributed by atoms with van der Waals surface area (Å²) in [6, 6.07) is 10.6. The van der Waals surface area contributed by atoms with Gasteiger partial charge in [0.05, 0.1) is 19.8 Å². The van der Waals surface area contributed by atoms with E-state index in [0.717, 1.165) is 22.0 Å². The summed E-state index contributed by atoms with van der Waals surface area (Å²) >= 11 is 5.55. The second-order valence-electron chi connectivity index (χ2n) is 5.97. The van der Waals surface area contributed by atoms with Crippen LogP contribution in [0.3, 0.4) is 0 Å². The molecule has 0 atom stereocenters. The lowest BCUT2D eigenvalue weighted by atomic mass is 10.0. The van der Waals surface area contributed by atoms with Crippen LogP contribution >= 0.6 is 11.6 Å². The van der Waals surface area contributed by atoms with Gasteiger partial charge in [-0.2, -0.15) is 0 Å². The van der Waals surface area contributed by atoms with E-state index < -0.39 is 5.24 Å². The number of rotatable bonds is 5. The predicted molar refractivity (Wildman–Crippen MR) is 100 cm³/mol. The Morgan fingerprint density at radius 3 is 2.42 bits per heavy atom. The van der Waals surface area contributed by atoms with Gasteiger partial charge in [-0.3, -0.25) is 4.79 Å². The second-order valence-corrected chi connectivity index (χ2v) is 6.31. The Morgan fingerprint density at radius 2 is 1.77 bits per heavy atom. The maximum atomic E-state index is 11.8. The zero-order valence-electron chi connectivity index (χ0n) is 14.7. The first-order valence-corrected chi connectivity index (χ1v) is 8.35. The van der Waals surface area contributed by atoms with E-state index in [9.17, 15) is 9.59 Å². The average molecular weight is 372 g/mol. The number of carbonyl (C=O) groups is 2. The number of aryl methyl sites for hydroxylation is 1. The lowest BCUT2D eigenvalue weighted by Gasteiger charge is -2.09. The topological polar surface area (TPSA) is 57.5 Å². The van der Waals surface area contributed by atoms with Crippen LogP contribution in [-0.4, -0.2) is 30.0 Å². The monoisotopic (exact) mass is 371 g/mol. The number of carbonyl (C=O) groups excluding carboxylic acids is 2. The fourth-order valence-electron chi connectivity index (χ4n) is 3.08. The van der Waals surface area contributed by atoms with Crippen LogP contribution in [0.15, 0.2) is 42.6 Å². The summed E-state index contributed by atoms with van der Waals surface area (Å²) in [7, 11) is 4.87. The van der Waals surface area contributed by atoms with Crippen molar-refractivity contribution in [3.05, 3.63) is 64.8 Å². The Bertz CT molecular complexity index is 1010. The summed E-state index contributed by atoms with van der Waals surface area (Å²) in [5.74, 6) is 0.224. The predicted octanol–water partition coefficient (Wildman–Crippen LogP) is 3.94. The minimum Gasteiger partial charge on any atom is -0.496 e. The van der Waals surface area contributed by atoms with Gasteiger partial charge in [-0.1, -0.05) is 6.07 Å². The zero-order chi connectivity index (χ0) is 18.8. The highest BCUT2D eigenvalue weighted by atomic mass is 35.5. The van der Waals surface area contributed by atoms with Crippen LogP contribution in [-0.2, 0) is 18.2 Å². The number of aromatic nitrogens is 1. The first kappa shape index (κ1) is 18.0. The van der Waals surface area contributed by atoms with Gasteiger partial charge >= 0.3 is 5.97 Å². The number of nitrogens with zero attached hydrogens (tertiary/aromatic N) is 1. The quantitative estimate of drug-likeness (QED) is 0.503. The maximum absolute atomic E-state index is 11.8. The minimum absolute atomic E-state index is 0.371. The third kappa shape index (κ3) is 3.30. The Hall–Kier alpha value is -2.79. The van der Waals surface area contributed by atoms with Crippen molar-refractivity contribution in [2.45, 2.75) is 6.42 Å². The van der Waals surface area contributed by atoms with Crippen molar-refractivity contribution < 1.29 is 19.1 Å². The largest absolute Gasteiger partial charge is 0.496 e. The molecule has 0 spiro atoms. The van der Waals surface area contributed by atoms with Crippen molar-refractivity contribution in [3.8, 4) is 5.75 Å². The standard InChI is InChI=1S/C20H18ClNO4/c1-22-11-15(16-9-14(20(24)26-3)6-7-17(16)22)8-12-4-5-13(19(21)23)10-18(12)25-2/h4-7,9-11H,8H2,1-3H3. The van der Waals surface area contributed by atoms with Crippen LogP contribution in [0.5, 0.6) is 5.75 Å². The first-order chi connectivity index (χ1) is 12.4. The third-order valence-electron chi connectivity index (χ3n) is 4.39. The van der Waals surface area contributed by atoms with Gasteiger partial charge < -0.3 is 14.0 Å². The normalized spacial score (nSPS) is 10.8. The number of methoxy groups -OCH3 is 2. The molecule has 0 aliphatic carbocycles. The van der Waals surface area contributed by atoms with Gasteiger partial charge in [0.2, 0.25) is 0 Å². The average Bonchev–Trinajstić information content (AvgIpc) is 2.96. The molecule has 0 bridgehead atoms. The summed E-state index contributed by atoms with van der Waals surface area (Å²) in [6.07, 6.45) is 2.60. The molecule has 1 aromatic heterocycles. The third-order valence-corrected chi connectivity index (χ3v) is 4.61. The van der Waals surface area contributed by atoms with Gasteiger partial charge in [0.25, 0.3) is 5.24 Å². The second kappa shape index (κ2) is 7.22. The number of benzene rings is 2. The maximum Gasteiger partial charge on any atom is 0.337 e. The number of hydrogen-bond acceptors (Lipinski definition) is 4. The Kier molecular flexibility index (Phi) is 5.00. The van der Waals surface area contributed by atoms with E-state index >= 15 is 0 Å². The molecule has 0 unspecified atom stereocenters. The van der Waals surface area contributed by atoms with Crippen LogP contribution < -0.4 is 4.74 Å². The highest BCUT2D eigenvalue weighted by Gasteiger charge is 2.14. The number of ether oxygens (including phenoxy) is 2. The van der Waals surface area contributed by atoms with Crippen molar-refractivity contribution in [2.75, 3.05) is 14.2 Å². The zero-order valence-corrected chi connectivity index (χ0v) is 15.5. The SMILES string of the molecule is COC(=O)c1ccc2c(c1)c(Cc1ccc(C(=O)Cl)cc1OC)cn2C. The fourth-order valence-corrected chi connectivity index (χ4v) is 3.19. The molecule has 0 N–H and O–H groups in total. The molecule has 0 saturated carbocycles. The van der Waals surface area contributed by atoms with E-state index in [1.165, 1.54) is 7.11 Å². The fraction of sp³-hybridized carbons (Fsp3) is 0.200. The van der Waals surface area contributed by atoms with E-state index in [4.69, 9.17) is 21.1 Å². The van der Waals surface area contributed by atoms with Gasteiger partial charge in [-0.05, 0) is 53.1 Å². The van der Waals surface area contributed by atoms with Crippen LogP contribution in [0, 0.1) is 0 Å². The molecule has 0 amide bonds. The molecule has 5 nitrogen and oxygen atoms in total. The summed E-state index contributed by atoms with van der Waals surface area (Å²) in [6.45, 7) is 0. The van der Waals surface area contributed by atoms with Gasteiger partial charge in [0, 0.05) is 36.1 Å².